The molecule has 0 bridgehead atoms. The molecule has 2 N–H and O–H groups in total. The highest BCUT2D eigenvalue weighted by molar-refractivity contribution is 6.04. The van der Waals surface area contributed by atoms with Crippen molar-refractivity contribution in [3.8, 4) is 5.75 Å². The topological polar surface area (TPSA) is 76.7 Å². The molecule has 1 unspecified atom stereocenters. The van der Waals surface area contributed by atoms with E-state index >= 15 is 0 Å². The molecule has 0 aromatic heterocycles. The molecule has 0 aliphatic carbocycles. The van der Waals surface area contributed by atoms with Crippen LogP contribution < -0.4 is 15.4 Å². The van der Waals surface area contributed by atoms with Gasteiger partial charge < -0.3 is 20.1 Å². The predicted molar refractivity (Wildman–Crippen MR) is 107 cm³/mol. The van der Waals surface area contributed by atoms with Crippen LogP contribution >= 0.6 is 0 Å². The molecule has 1 heterocycles. The molecule has 1 aliphatic heterocycles. The van der Waals surface area contributed by atoms with Crippen molar-refractivity contribution in [3.63, 3.8) is 0 Å². The molecule has 0 saturated heterocycles. The van der Waals surface area contributed by atoms with Gasteiger partial charge in [0.2, 0.25) is 0 Å². The van der Waals surface area contributed by atoms with Crippen LogP contribution in [0.4, 0.5) is 4.79 Å². The fourth-order valence-electron chi connectivity index (χ4n) is 3.00. The van der Waals surface area contributed by atoms with Gasteiger partial charge in [-0.05, 0) is 29.2 Å². The molecule has 0 radical (unpaired) electrons. The number of amides is 2. The molecule has 28 heavy (non-hydrogen) atoms. The smallest absolute Gasteiger partial charge is 0.338 e. The number of urea groups is 1. The maximum absolute atomic E-state index is 12.6. The maximum Gasteiger partial charge on any atom is 0.338 e. The zero-order chi connectivity index (χ0) is 20.1. The number of methoxy groups -OCH3 is 1. The van der Waals surface area contributed by atoms with Crippen molar-refractivity contribution in [2.45, 2.75) is 19.9 Å². The standard InChI is InChI=1S/C22H24N2O4/c1-14(2)13-28-17-11-9-16(10-12-17)20-18(21(25)27-3)19(23-22(26)24-20)15-7-5-4-6-8-15/h4-12,14,20H,13H2,1-3H3,(H2,23,24,26). The number of carbonyl (C=O) groups is 2. The quantitative estimate of drug-likeness (QED) is 0.750. The molecular formula is C22H24N2O4. The zero-order valence-electron chi connectivity index (χ0n) is 16.2. The molecule has 0 saturated carbocycles. The second-order valence-corrected chi connectivity index (χ2v) is 6.95. The van der Waals surface area contributed by atoms with Gasteiger partial charge in [-0.15, -0.1) is 0 Å². The molecule has 2 aromatic rings. The Kier molecular flexibility index (Phi) is 5.99. The average Bonchev–Trinajstić information content (AvgIpc) is 2.72. The van der Waals surface area contributed by atoms with Gasteiger partial charge in [0.25, 0.3) is 0 Å². The minimum absolute atomic E-state index is 0.351. The molecular weight excluding hydrogens is 356 g/mol. The summed E-state index contributed by atoms with van der Waals surface area (Å²) in [5.41, 5.74) is 2.30. The summed E-state index contributed by atoms with van der Waals surface area (Å²) in [6, 6.07) is 15.6. The van der Waals surface area contributed by atoms with E-state index in [1.807, 2.05) is 54.6 Å². The number of rotatable bonds is 6. The summed E-state index contributed by atoms with van der Waals surface area (Å²) in [5, 5.41) is 5.56. The Balaban J connectivity index is 2.00. The molecule has 0 spiro atoms. The van der Waals surface area contributed by atoms with Gasteiger partial charge in [-0.2, -0.15) is 0 Å². The number of hydrogen-bond acceptors (Lipinski definition) is 4. The first-order valence-corrected chi connectivity index (χ1v) is 9.17. The van der Waals surface area contributed by atoms with Gasteiger partial charge in [0, 0.05) is 0 Å². The normalized spacial score (nSPS) is 16.4. The Labute approximate surface area is 164 Å². The molecule has 3 rings (SSSR count). The highest BCUT2D eigenvalue weighted by Gasteiger charge is 2.34. The van der Waals surface area contributed by atoms with Crippen molar-refractivity contribution >= 4 is 17.7 Å². The van der Waals surface area contributed by atoms with Crippen LogP contribution in [-0.4, -0.2) is 25.7 Å². The molecule has 1 aliphatic rings. The van der Waals surface area contributed by atoms with Crippen LogP contribution in [0.1, 0.15) is 31.0 Å². The molecule has 2 amide bonds. The van der Waals surface area contributed by atoms with Crippen molar-refractivity contribution in [1.29, 1.82) is 0 Å². The monoisotopic (exact) mass is 380 g/mol. The molecule has 2 aromatic carbocycles. The summed E-state index contributed by atoms with van der Waals surface area (Å²) in [6.45, 7) is 4.78. The average molecular weight is 380 g/mol. The van der Waals surface area contributed by atoms with E-state index < -0.39 is 12.0 Å². The fraction of sp³-hybridized carbons (Fsp3) is 0.273. The summed E-state index contributed by atoms with van der Waals surface area (Å²) < 4.78 is 10.7. The van der Waals surface area contributed by atoms with Crippen molar-refractivity contribution in [1.82, 2.24) is 10.6 Å². The van der Waals surface area contributed by atoms with E-state index in [0.29, 0.717) is 23.8 Å². The molecule has 0 fully saturated rings. The second-order valence-electron chi connectivity index (χ2n) is 6.95. The van der Waals surface area contributed by atoms with Crippen LogP contribution in [0, 0.1) is 5.92 Å². The Bertz CT molecular complexity index is 873. The third-order valence-electron chi connectivity index (χ3n) is 4.34. The number of nitrogens with one attached hydrogen (secondary N) is 2. The largest absolute Gasteiger partial charge is 0.493 e. The van der Waals surface area contributed by atoms with E-state index in [-0.39, 0.29) is 6.03 Å². The van der Waals surface area contributed by atoms with Gasteiger partial charge in [-0.3, -0.25) is 0 Å². The van der Waals surface area contributed by atoms with Gasteiger partial charge in [-0.1, -0.05) is 56.3 Å². The Morgan fingerprint density at radius 3 is 2.36 bits per heavy atom. The van der Waals surface area contributed by atoms with Gasteiger partial charge in [0.1, 0.15) is 5.75 Å². The summed E-state index contributed by atoms with van der Waals surface area (Å²) in [4.78, 5) is 24.9. The number of esters is 1. The highest BCUT2D eigenvalue weighted by atomic mass is 16.5. The molecule has 146 valence electrons. The van der Waals surface area contributed by atoms with Gasteiger partial charge in [0.05, 0.1) is 31.0 Å². The highest BCUT2D eigenvalue weighted by Crippen LogP contribution is 2.32. The van der Waals surface area contributed by atoms with Crippen molar-refractivity contribution in [3.05, 3.63) is 71.3 Å². The second kappa shape index (κ2) is 8.61. The SMILES string of the molecule is COC(=O)C1=C(c2ccccc2)NC(=O)NC1c1ccc(OCC(C)C)cc1. The third-order valence-corrected chi connectivity index (χ3v) is 4.34. The van der Waals surface area contributed by atoms with Crippen LogP contribution in [0.3, 0.4) is 0 Å². The van der Waals surface area contributed by atoms with Gasteiger partial charge >= 0.3 is 12.0 Å². The number of benzene rings is 2. The minimum Gasteiger partial charge on any atom is -0.493 e. The van der Waals surface area contributed by atoms with Crippen molar-refractivity contribution in [2.24, 2.45) is 5.92 Å². The Morgan fingerprint density at radius 2 is 1.75 bits per heavy atom. The van der Waals surface area contributed by atoms with Crippen molar-refractivity contribution in [2.75, 3.05) is 13.7 Å². The van der Waals surface area contributed by atoms with Crippen molar-refractivity contribution < 1.29 is 19.1 Å². The van der Waals surface area contributed by atoms with Crippen LogP contribution in [0.5, 0.6) is 5.75 Å². The number of ether oxygens (including phenoxy) is 2. The van der Waals surface area contributed by atoms with Gasteiger partial charge in [0.15, 0.2) is 0 Å². The van der Waals surface area contributed by atoms with E-state index in [1.165, 1.54) is 7.11 Å². The lowest BCUT2D eigenvalue weighted by Gasteiger charge is -2.29. The molecule has 1 atom stereocenters. The van der Waals surface area contributed by atoms with E-state index in [9.17, 15) is 9.59 Å². The van der Waals surface area contributed by atoms with Crippen LogP contribution in [-0.2, 0) is 9.53 Å². The van der Waals surface area contributed by atoms with Crippen LogP contribution in [0.15, 0.2) is 60.2 Å². The first kappa shape index (κ1) is 19.5. The number of carbonyl (C=O) groups excluding carboxylic acids is 2. The summed E-state index contributed by atoms with van der Waals surface area (Å²) in [7, 11) is 1.33. The first-order chi connectivity index (χ1) is 13.5. The van der Waals surface area contributed by atoms with E-state index in [2.05, 4.69) is 24.5 Å². The van der Waals surface area contributed by atoms with E-state index in [1.54, 1.807) is 0 Å². The number of hydrogen-bond donors (Lipinski definition) is 2. The third kappa shape index (κ3) is 4.34. The lowest BCUT2D eigenvalue weighted by atomic mass is 9.92. The maximum atomic E-state index is 12.6. The lowest BCUT2D eigenvalue weighted by Crippen LogP contribution is -2.45. The lowest BCUT2D eigenvalue weighted by molar-refractivity contribution is -0.136. The van der Waals surface area contributed by atoms with E-state index in [4.69, 9.17) is 9.47 Å². The Morgan fingerprint density at radius 1 is 1.07 bits per heavy atom. The Hall–Kier alpha value is -3.28. The zero-order valence-corrected chi connectivity index (χ0v) is 16.2. The van der Waals surface area contributed by atoms with Crippen LogP contribution in [0.2, 0.25) is 0 Å². The van der Waals surface area contributed by atoms with E-state index in [0.717, 1.165) is 16.9 Å². The molecule has 6 heteroatoms. The predicted octanol–water partition coefficient (Wildman–Crippen LogP) is 3.66. The van der Waals surface area contributed by atoms with Gasteiger partial charge in [-0.25, -0.2) is 9.59 Å². The summed E-state index contributed by atoms with van der Waals surface area (Å²) in [6.07, 6.45) is 0. The minimum atomic E-state index is -0.629. The summed E-state index contributed by atoms with van der Waals surface area (Å²) in [5.74, 6) is 0.659. The van der Waals surface area contributed by atoms with Crippen LogP contribution in [0.25, 0.3) is 5.70 Å². The fourth-order valence-corrected chi connectivity index (χ4v) is 3.00. The summed E-state index contributed by atoms with van der Waals surface area (Å²) >= 11 is 0. The first-order valence-electron chi connectivity index (χ1n) is 9.17. The molecule has 6 nitrogen and oxygen atoms in total.